The predicted molar refractivity (Wildman–Crippen MR) is 93.4 cm³/mol. The van der Waals surface area contributed by atoms with E-state index in [9.17, 15) is 10.1 Å². The first-order chi connectivity index (χ1) is 11.0. The van der Waals surface area contributed by atoms with Crippen LogP contribution in [0.15, 0.2) is 30.0 Å². The van der Waals surface area contributed by atoms with Gasteiger partial charge in [-0.05, 0) is 43.9 Å². The lowest BCUT2D eigenvalue weighted by atomic mass is 10.0. The van der Waals surface area contributed by atoms with Crippen LogP contribution in [0.5, 0.6) is 0 Å². The van der Waals surface area contributed by atoms with E-state index in [0.717, 1.165) is 25.8 Å². The highest BCUT2D eigenvalue weighted by molar-refractivity contribution is 6.42. The summed E-state index contributed by atoms with van der Waals surface area (Å²) >= 11 is 11.8. The van der Waals surface area contributed by atoms with Crippen LogP contribution in [0.3, 0.4) is 0 Å². The number of hydrogen-bond acceptors (Lipinski definition) is 3. The van der Waals surface area contributed by atoms with E-state index < -0.39 is 5.91 Å². The molecule has 23 heavy (non-hydrogen) atoms. The number of nitrogens with one attached hydrogen (secondary N) is 1. The Morgan fingerprint density at radius 1 is 1.43 bits per heavy atom. The highest BCUT2D eigenvalue weighted by atomic mass is 35.5. The third-order valence-corrected chi connectivity index (χ3v) is 4.72. The van der Waals surface area contributed by atoms with E-state index in [0.29, 0.717) is 21.8 Å². The second kappa shape index (κ2) is 8.24. The second-order valence-corrected chi connectivity index (χ2v) is 6.35. The Morgan fingerprint density at radius 3 is 2.87 bits per heavy atom. The van der Waals surface area contributed by atoms with Crippen molar-refractivity contribution in [3.63, 3.8) is 0 Å². The minimum atomic E-state index is -0.439. The van der Waals surface area contributed by atoms with Crippen LogP contribution in [0.4, 0.5) is 5.69 Å². The van der Waals surface area contributed by atoms with Gasteiger partial charge in [-0.25, -0.2) is 0 Å². The molecule has 6 heteroatoms. The second-order valence-electron chi connectivity index (χ2n) is 5.53. The molecule has 1 N–H and O–H groups in total. The van der Waals surface area contributed by atoms with E-state index >= 15 is 0 Å². The summed E-state index contributed by atoms with van der Waals surface area (Å²) in [6.07, 6.45) is 6.06. The van der Waals surface area contributed by atoms with Crippen molar-refractivity contribution in [2.75, 3.05) is 11.9 Å². The van der Waals surface area contributed by atoms with Crippen molar-refractivity contribution in [2.24, 2.45) is 0 Å². The lowest BCUT2D eigenvalue weighted by molar-refractivity contribution is -0.112. The molecule has 2 rings (SSSR count). The van der Waals surface area contributed by atoms with Gasteiger partial charge in [0, 0.05) is 24.5 Å². The largest absolute Gasteiger partial charge is 0.373 e. The number of carbonyl (C=O) groups excluding carboxylic acids is 1. The molecule has 1 aliphatic heterocycles. The fourth-order valence-corrected chi connectivity index (χ4v) is 3.01. The van der Waals surface area contributed by atoms with Crippen molar-refractivity contribution in [1.29, 1.82) is 5.26 Å². The Balaban J connectivity index is 2.12. The molecular weight excluding hydrogens is 333 g/mol. The molecule has 1 heterocycles. The number of piperidine rings is 1. The number of anilines is 1. The van der Waals surface area contributed by atoms with Gasteiger partial charge in [-0.15, -0.1) is 0 Å². The molecule has 4 nitrogen and oxygen atoms in total. The fourth-order valence-electron chi connectivity index (χ4n) is 2.71. The van der Waals surface area contributed by atoms with Crippen molar-refractivity contribution in [3.8, 4) is 6.07 Å². The summed E-state index contributed by atoms with van der Waals surface area (Å²) in [6.45, 7) is 3.00. The monoisotopic (exact) mass is 351 g/mol. The summed E-state index contributed by atoms with van der Waals surface area (Å²) in [5.74, 6) is -0.439. The van der Waals surface area contributed by atoms with Crippen LogP contribution in [0.1, 0.15) is 32.6 Å². The zero-order valence-electron chi connectivity index (χ0n) is 13.0. The zero-order valence-corrected chi connectivity index (χ0v) is 14.5. The molecule has 0 aromatic heterocycles. The predicted octanol–water partition coefficient (Wildman–Crippen LogP) is 4.60. The van der Waals surface area contributed by atoms with Crippen LogP contribution in [-0.4, -0.2) is 23.4 Å². The molecule has 1 unspecified atom stereocenters. The van der Waals surface area contributed by atoms with Gasteiger partial charge in [0.05, 0.1) is 10.0 Å². The van der Waals surface area contributed by atoms with Crippen molar-refractivity contribution in [2.45, 2.75) is 38.6 Å². The third kappa shape index (κ3) is 4.63. The van der Waals surface area contributed by atoms with Gasteiger partial charge in [0.2, 0.25) is 0 Å². The number of amides is 1. The van der Waals surface area contributed by atoms with Crippen LogP contribution in [0, 0.1) is 11.3 Å². The highest BCUT2D eigenvalue weighted by Gasteiger charge is 2.20. The van der Waals surface area contributed by atoms with Crippen LogP contribution < -0.4 is 5.32 Å². The lowest BCUT2D eigenvalue weighted by Gasteiger charge is -2.34. The Hall–Kier alpha value is -1.70. The lowest BCUT2D eigenvalue weighted by Crippen LogP contribution is -2.35. The highest BCUT2D eigenvalue weighted by Crippen LogP contribution is 2.25. The molecule has 1 aromatic carbocycles. The van der Waals surface area contributed by atoms with Gasteiger partial charge in [0.25, 0.3) is 5.91 Å². The molecule has 0 saturated carbocycles. The van der Waals surface area contributed by atoms with Gasteiger partial charge < -0.3 is 10.2 Å². The number of carbonyl (C=O) groups is 1. The van der Waals surface area contributed by atoms with Crippen molar-refractivity contribution < 1.29 is 4.79 Å². The first-order valence-electron chi connectivity index (χ1n) is 7.69. The average molecular weight is 352 g/mol. The Morgan fingerprint density at radius 2 is 2.22 bits per heavy atom. The molecular formula is C17H19Cl2N3O. The van der Waals surface area contributed by atoms with E-state index in [4.69, 9.17) is 23.2 Å². The number of hydrogen-bond donors (Lipinski definition) is 1. The summed E-state index contributed by atoms with van der Waals surface area (Å²) in [5, 5.41) is 12.8. The molecule has 0 radical (unpaired) electrons. The maximum absolute atomic E-state index is 12.3. The fraction of sp³-hybridized carbons (Fsp3) is 0.412. The van der Waals surface area contributed by atoms with E-state index in [2.05, 4.69) is 17.1 Å². The standard InChI is InChI=1S/C17H19Cl2N3O/c1-2-14-5-3-4-8-22(14)11-12(10-20)17(23)21-13-6-7-15(18)16(19)9-13/h6-7,9,11,14H,2-5,8H2,1H3,(H,21,23)/b12-11-. The number of halogens is 2. The van der Waals surface area contributed by atoms with Gasteiger partial charge in [0.15, 0.2) is 0 Å². The Kier molecular flexibility index (Phi) is 6.32. The van der Waals surface area contributed by atoms with E-state index in [1.165, 1.54) is 6.42 Å². The molecule has 1 amide bonds. The molecule has 1 aromatic rings. The molecule has 1 fully saturated rings. The summed E-state index contributed by atoms with van der Waals surface area (Å²) in [5.41, 5.74) is 0.604. The van der Waals surface area contributed by atoms with Gasteiger partial charge >= 0.3 is 0 Å². The van der Waals surface area contributed by atoms with Crippen LogP contribution in [-0.2, 0) is 4.79 Å². The van der Waals surface area contributed by atoms with Gasteiger partial charge in [0.1, 0.15) is 11.6 Å². The average Bonchev–Trinajstić information content (AvgIpc) is 2.56. The van der Waals surface area contributed by atoms with Gasteiger partial charge in [-0.1, -0.05) is 30.1 Å². The molecule has 1 aliphatic rings. The number of nitriles is 1. The maximum atomic E-state index is 12.3. The van der Waals surface area contributed by atoms with Crippen LogP contribution in [0.25, 0.3) is 0 Å². The van der Waals surface area contributed by atoms with E-state index in [1.54, 1.807) is 24.4 Å². The maximum Gasteiger partial charge on any atom is 0.267 e. The third-order valence-electron chi connectivity index (χ3n) is 3.98. The first-order valence-corrected chi connectivity index (χ1v) is 8.44. The van der Waals surface area contributed by atoms with E-state index in [1.807, 2.05) is 6.07 Å². The van der Waals surface area contributed by atoms with Crippen LogP contribution in [0.2, 0.25) is 10.0 Å². The zero-order chi connectivity index (χ0) is 16.8. The minimum absolute atomic E-state index is 0.0939. The van der Waals surface area contributed by atoms with Crippen LogP contribution >= 0.6 is 23.2 Å². The van der Waals surface area contributed by atoms with Gasteiger partial charge in [-0.3, -0.25) is 4.79 Å². The smallest absolute Gasteiger partial charge is 0.267 e. The Bertz CT molecular complexity index is 652. The SMILES string of the molecule is CCC1CCCCN1/C=C(/C#N)C(=O)Nc1ccc(Cl)c(Cl)c1. The molecule has 1 saturated heterocycles. The summed E-state index contributed by atoms with van der Waals surface area (Å²) in [4.78, 5) is 14.4. The summed E-state index contributed by atoms with van der Waals surface area (Å²) in [7, 11) is 0. The summed E-state index contributed by atoms with van der Waals surface area (Å²) < 4.78 is 0. The van der Waals surface area contributed by atoms with Crippen molar-refractivity contribution >= 4 is 34.8 Å². The molecule has 0 spiro atoms. The normalized spacial score (nSPS) is 18.4. The quantitative estimate of drug-likeness (QED) is 0.636. The number of likely N-dealkylation sites (tertiary alicyclic amines) is 1. The Labute approximate surface area is 146 Å². The van der Waals surface area contributed by atoms with Crippen molar-refractivity contribution in [3.05, 3.63) is 40.0 Å². The minimum Gasteiger partial charge on any atom is -0.373 e. The molecule has 122 valence electrons. The number of benzene rings is 1. The van der Waals surface area contributed by atoms with E-state index in [-0.39, 0.29) is 5.57 Å². The number of nitrogens with zero attached hydrogens (tertiary/aromatic N) is 2. The van der Waals surface area contributed by atoms with Gasteiger partial charge in [-0.2, -0.15) is 5.26 Å². The first kappa shape index (κ1) is 17.7. The number of rotatable bonds is 4. The topological polar surface area (TPSA) is 56.1 Å². The molecule has 0 bridgehead atoms. The molecule has 1 atom stereocenters. The molecule has 0 aliphatic carbocycles. The van der Waals surface area contributed by atoms with Crippen molar-refractivity contribution in [1.82, 2.24) is 4.90 Å². The summed E-state index contributed by atoms with van der Waals surface area (Å²) in [6, 6.07) is 7.20.